The molecule has 1 heterocycles. The van der Waals surface area contributed by atoms with Gasteiger partial charge in [0.25, 0.3) is 5.56 Å². The molecule has 1 aromatic carbocycles. The van der Waals surface area contributed by atoms with Crippen molar-refractivity contribution in [3.05, 3.63) is 68.6 Å². The van der Waals surface area contributed by atoms with Crippen molar-refractivity contribution in [3.63, 3.8) is 0 Å². The number of pyridine rings is 1. The van der Waals surface area contributed by atoms with E-state index in [0.29, 0.717) is 12.1 Å². The van der Waals surface area contributed by atoms with Gasteiger partial charge in [-0.15, -0.1) is 0 Å². The minimum absolute atomic E-state index is 0.129. The van der Waals surface area contributed by atoms with Crippen molar-refractivity contribution in [2.24, 2.45) is 5.73 Å². The Morgan fingerprint density at radius 3 is 2.45 bits per heavy atom. The van der Waals surface area contributed by atoms with Crippen LogP contribution in [0.15, 0.2) is 35.1 Å². The number of hydrogen-bond acceptors (Lipinski definition) is 2. The maximum Gasteiger partial charge on any atom is 0.261 e. The molecule has 3 nitrogen and oxygen atoms in total. The molecule has 2 rings (SSSR count). The summed E-state index contributed by atoms with van der Waals surface area (Å²) in [5.41, 5.74) is 10.3. The van der Waals surface area contributed by atoms with E-state index < -0.39 is 0 Å². The Hall–Kier alpha value is -1.94. The Labute approximate surface area is 124 Å². The van der Waals surface area contributed by atoms with Gasteiger partial charge in [-0.3, -0.25) is 4.79 Å². The largest absolute Gasteiger partial charge is 0.389 e. The molecule has 0 aliphatic heterocycles. The average molecular weight is 286 g/mol. The second-order valence-corrected chi connectivity index (χ2v) is 5.50. The van der Waals surface area contributed by atoms with Crippen LogP contribution in [0, 0.1) is 20.8 Å². The van der Waals surface area contributed by atoms with Gasteiger partial charge < -0.3 is 10.3 Å². The predicted octanol–water partition coefficient (Wildman–Crippen LogP) is 2.46. The monoisotopic (exact) mass is 286 g/mol. The third kappa shape index (κ3) is 2.80. The van der Waals surface area contributed by atoms with Crippen LogP contribution in [0.2, 0.25) is 0 Å². The van der Waals surface area contributed by atoms with Crippen LogP contribution in [0.25, 0.3) is 0 Å². The molecule has 0 radical (unpaired) electrons. The molecule has 0 fully saturated rings. The van der Waals surface area contributed by atoms with E-state index in [1.807, 2.05) is 19.1 Å². The van der Waals surface area contributed by atoms with E-state index in [1.54, 1.807) is 10.6 Å². The molecule has 0 atom stereocenters. The highest BCUT2D eigenvalue weighted by molar-refractivity contribution is 7.80. The molecule has 2 N–H and O–H groups in total. The van der Waals surface area contributed by atoms with E-state index in [2.05, 4.69) is 26.0 Å². The number of aryl methyl sites for hydroxylation is 3. The summed E-state index contributed by atoms with van der Waals surface area (Å²) < 4.78 is 1.71. The maximum absolute atomic E-state index is 12.4. The van der Waals surface area contributed by atoms with Gasteiger partial charge in [0.1, 0.15) is 4.99 Å². The highest BCUT2D eigenvalue weighted by Crippen LogP contribution is 2.11. The lowest BCUT2D eigenvalue weighted by Gasteiger charge is -2.12. The minimum Gasteiger partial charge on any atom is -0.389 e. The summed E-state index contributed by atoms with van der Waals surface area (Å²) in [4.78, 5) is 12.5. The molecule has 4 heteroatoms. The van der Waals surface area contributed by atoms with Gasteiger partial charge in [0.2, 0.25) is 0 Å². The molecule has 0 amide bonds. The first kappa shape index (κ1) is 14.5. The van der Waals surface area contributed by atoms with Crippen LogP contribution in [-0.4, -0.2) is 9.56 Å². The molecule has 0 bridgehead atoms. The van der Waals surface area contributed by atoms with Gasteiger partial charge in [-0.05, 0) is 49.6 Å². The van der Waals surface area contributed by atoms with E-state index >= 15 is 0 Å². The number of hydrogen-bond donors (Lipinski definition) is 1. The zero-order chi connectivity index (χ0) is 14.9. The smallest absolute Gasteiger partial charge is 0.261 e. The van der Waals surface area contributed by atoms with Gasteiger partial charge in [0, 0.05) is 5.69 Å². The van der Waals surface area contributed by atoms with Crippen LogP contribution in [0.5, 0.6) is 0 Å². The van der Waals surface area contributed by atoms with E-state index in [0.717, 1.165) is 11.3 Å². The predicted molar refractivity (Wildman–Crippen MR) is 86.3 cm³/mol. The van der Waals surface area contributed by atoms with Gasteiger partial charge in [0.15, 0.2) is 0 Å². The normalized spacial score (nSPS) is 10.6. The van der Waals surface area contributed by atoms with Crippen molar-refractivity contribution in [2.45, 2.75) is 27.3 Å². The SMILES string of the molecule is Cc1ccc(Cn2c(C)ccc(C(N)=S)c2=O)cc1C. The zero-order valence-corrected chi connectivity index (χ0v) is 12.8. The topological polar surface area (TPSA) is 48.0 Å². The fourth-order valence-electron chi connectivity index (χ4n) is 2.14. The molecule has 0 saturated carbocycles. The first-order valence-corrected chi connectivity index (χ1v) is 6.87. The summed E-state index contributed by atoms with van der Waals surface area (Å²) in [5, 5.41) is 0. The fraction of sp³-hybridized carbons (Fsp3) is 0.250. The van der Waals surface area contributed by atoms with Crippen LogP contribution in [0.1, 0.15) is 27.9 Å². The summed E-state index contributed by atoms with van der Waals surface area (Å²) in [6, 6.07) is 9.78. The molecule has 0 aliphatic rings. The third-order valence-corrected chi connectivity index (χ3v) is 3.79. The highest BCUT2D eigenvalue weighted by Gasteiger charge is 2.09. The van der Waals surface area contributed by atoms with Crippen LogP contribution in [-0.2, 0) is 6.54 Å². The van der Waals surface area contributed by atoms with Crippen molar-refractivity contribution < 1.29 is 0 Å². The van der Waals surface area contributed by atoms with Crippen LogP contribution < -0.4 is 11.3 Å². The van der Waals surface area contributed by atoms with Crippen LogP contribution >= 0.6 is 12.2 Å². The van der Waals surface area contributed by atoms with Gasteiger partial charge >= 0.3 is 0 Å². The summed E-state index contributed by atoms with van der Waals surface area (Å²) in [6.45, 7) is 6.58. The van der Waals surface area contributed by atoms with Gasteiger partial charge in [0.05, 0.1) is 12.1 Å². The van der Waals surface area contributed by atoms with Crippen molar-refractivity contribution in [2.75, 3.05) is 0 Å². The molecule has 0 aliphatic carbocycles. The quantitative estimate of drug-likeness (QED) is 0.882. The lowest BCUT2D eigenvalue weighted by atomic mass is 10.1. The number of thiocarbonyl (C=S) groups is 1. The summed E-state index contributed by atoms with van der Waals surface area (Å²) in [7, 11) is 0. The molecule has 0 unspecified atom stereocenters. The van der Waals surface area contributed by atoms with Gasteiger partial charge in [-0.1, -0.05) is 30.4 Å². The second-order valence-electron chi connectivity index (χ2n) is 5.06. The molecule has 20 heavy (non-hydrogen) atoms. The Morgan fingerprint density at radius 1 is 1.15 bits per heavy atom. The first-order chi connectivity index (χ1) is 9.40. The van der Waals surface area contributed by atoms with Crippen molar-refractivity contribution in [3.8, 4) is 0 Å². The van der Waals surface area contributed by atoms with E-state index in [1.165, 1.54) is 11.1 Å². The number of nitrogens with two attached hydrogens (primary N) is 1. The van der Waals surface area contributed by atoms with Crippen LogP contribution in [0.4, 0.5) is 0 Å². The number of nitrogens with zero attached hydrogens (tertiary/aromatic N) is 1. The number of aromatic nitrogens is 1. The summed E-state index contributed by atoms with van der Waals surface area (Å²) in [5.74, 6) is 0. The van der Waals surface area contributed by atoms with Gasteiger partial charge in [-0.25, -0.2) is 0 Å². The van der Waals surface area contributed by atoms with Crippen molar-refractivity contribution >= 4 is 17.2 Å². The molecular weight excluding hydrogens is 268 g/mol. The van der Waals surface area contributed by atoms with Crippen molar-refractivity contribution in [1.29, 1.82) is 0 Å². The van der Waals surface area contributed by atoms with Crippen LogP contribution in [0.3, 0.4) is 0 Å². The fourth-order valence-corrected chi connectivity index (χ4v) is 2.29. The molecule has 1 aromatic heterocycles. The summed E-state index contributed by atoms with van der Waals surface area (Å²) in [6.07, 6.45) is 0. The standard InChI is InChI=1S/C16H18N2OS/c1-10-4-6-13(8-11(10)2)9-18-12(3)5-7-14(15(17)20)16(18)19/h4-8H,9H2,1-3H3,(H2,17,20). The lowest BCUT2D eigenvalue weighted by Crippen LogP contribution is -2.30. The number of benzene rings is 1. The first-order valence-electron chi connectivity index (χ1n) is 6.46. The van der Waals surface area contributed by atoms with Gasteiger partial charge in [-0.2, -0.15) is 0 Å². The molecular formula is C16H18N2OS. The molecule has 104 valence electrons. The van der Waals surface area contributed by atoms with E-state index in [4.69, 9.17) is 18.0 Å². The molecule has 0 spiro atoms. The second kappa shape index (κ2) is 5.59. The molecule has 0 saturated heterocycles. The Morgan fingerprint density at radius 2 is 1.85 bits per heavy atom. The maximum atomic E-state index is 12.4. The Kier molecular flexibility index (Phi) is 4.04. The molecule has 2 aromatic rings. The lowest BCUT2D eigenvalue weighted by molar-refractivity contribution is 0.727. The Bertz CT molecular complexity index is 732. The third-order valence-electron chi connectivity index (χ3n) is 3.57. The number of rotatable bonds is 3. The van der Waals surface area contributed by atoms with E-state index in [9.17, 15) is 4.79 Å². The zero-order valence-electron chi connectivity index (χ0n) is 11.9. The highest BCUT2D eigenvalue weighted by atomic mass is 32.1. The van der Waals surface area contributed by atoms with E-state index in [-0.39, 0.29) is 10.5 Å². The Balaban J connectivity index is 2.48. The average Bonchev–Trinajstić information content (AvgIpc) is 2.38. The summed E-state index contributed by atoms with van der Waals surface area (Å²) >= 11 is 4.92. The van der Waals surface area contributed by atoms with Crippen molar-refractivity contribution in [1.82, 2.24) is 4.57 Å². The minimum atomic E-state index is -0.129.